The van der Waals surface area contributed by atoms with E-state index < -0.39 is 38.5 Å². The topological polar surface area (TPSA) is 76.9 Å². The molecule has 4 rings (SSSR count). The highest BCUT2D eigenvalue weighted by Gasteiger charge is 2.34. The monoisotopic (exact) mass is 468 g/mol. The van der Waals surface area contributed by atoms with Crippen molar-refractivity contribution in [2.45, 2.75) is 48.8 Å². The highest BCUT2D eigenvalue weighted by molar-refractivity contribution is 7.89. The first-order chi connectivity index (χ1) is 15.1. The van der Waals surface area contributed by atoms with Gasteiger partial charge >= 0.3 is 6.18 Å². The maximum Gasteiger partial charge on any atom is 0.416 e. The second-order valence-corrected chi connectivity index (χ2v) is 9.51. The van der Waals surface area contributed by atoms with Gasteiger partial charge in [0.2, 0.25) is 10.0 Å². The lowest BCUT2D eigenvalue weighted by Gasteiger charge is -2.30. The molecule has 1 heterocycles. The maximum absolute atomic E-state index is 13.5. The van der Waals surface area contributed by atoms with Crippen molar-refractivity contribution >= 4 is 10.0 Å². The van der Waals surface area contributed by atoms with Gasteiger partial charge < -0.3 is 4.57 Å². The summed E-state index contributed by atoms with van der Waals surface area (Å²) in [5.41, 5.74) is -0.781. The molecule has 0 spiro atoms. The molecule has 1 fully saturated rings. The van der Waals surface area contributed by atoms with E-state index in [9.17, 15) is 26.0 Å². The number of hydrogen-bond acceptors (Lipinski definition) is 4. The van der Waals surface area contributed by atoms with Crippen LogP contribution in [0.1, 0.15) is 37.3 Å². The van der Waals surface area contributed by atoms with Gasteiger partial charge in [-0.15, -0.1) is 10.2 Å². The van der Waals surface area contributed by atoms with Crippen molar-refractivity contribution in [1.29, 1.82) is 0 Å². The van der Waals surface area contributed by atoms with Crippen molar-refractivity contribution in [2.75, 3.05) is 0 Å². The van der Waals surface area contributed by atoms with Crippen molar-refractivity contribution in [2.24, 2.45) is 0 Å². The molecule has 2 aromatic carbocycles. The van der Waals surface area contributed by atoms with Crippen molar-refractivity contribution in [1.82, 2.24) is 19.5 Å². The molecule has 3 aromatic rings. The second-order valence-electron chi connectivity index (χ2n) is 7.80. The summed E-state index contributed by atoms with van der Waals surface area (Å²) >= 11 is 0. The number of rotatable bonds is 5. The maximum atomic E-state index is 13.5. The van der Waals surface area contributed by atoms with Crippen LogP contribution in [-0.2, 0) is 16.2 Å². The zero-order chi connectivity index (χ0) is 22.9. The molecular formula is C21H20F4N4O2S. The van der Waals surface area contributed by atoms with Crippen LogP contribution in [0.3, 0.4) is 0 Å². The molecule has 11 heteroatoms. The largest absolute Gasteiger partial charge is 0.416 e. The molecule has 1 aliphatic carbocycles. The quantitative estimate of drug-likeness (QED) is 0.557. The Hall–Kier alpha value is -2.79. The molecule has 170 valence electrons. The molecule has 0 aliphatic heterocycles. The van der Waals surface area contributed by atoms with Crippen LogP contribution in [-0.4, -0.2) is 29.2 Å². The molecule has 6 nitrogen and oxygen atoms in total. The Labute approximate surface area is 182 Å². The third-order valence-corrected chi connectivity index (χ3v) is 7.05. The van der Waals surface area contributed by atoms with E-state index in [1.165, 1.54) is 18.2 Å². The van der Waals surface area contributed by atoms with Crippen molar-refractivity contribution in [3.8, 4) is 11.1 Å². The third-order valence-electron chi connectivity index (χ3n) is 5.55. The number of sulfonamides is 1. The summed E-state index contributed by atoms with van der Waals surface area (Å²) in [6, 6.07) is 7.03. The summed E-state index contributed by atoms with van der Waals surface area (Å²) in [5.74, 6) is -0.546. The number of aromatic nitrogens is 3. The fourth-order valence-electron chi connectivity index (χ4n) is 3.95. The van der Waals surface area contributed by atoms with Gasteiger partial charge in [0.15, 0.2) is 0 Å². The van der Waals surface area contributed by atoms with Gasteiger partial charge in [-0.25, -0.2) is 17.5 Å². The van der Waals surface area contributed by atoms with Crippen LogP contribution < -0.4 is 4.72 Å². The van der Waals surface area contributed by atoms with E-state index in [0.29, 0.717) is 18.9 Å². The smallest absolute Gasteiger partial charge is 0.317 e. The second kappa shape index (κ2) is 8.62. The molecule has 0 radical (unpaired) electrons. The fraction of sp³-hybridized carbons (Fsp3) is 0.333. The van der Waals surface area contributed by atoms with E-state index in [-0.39, 0.29) is 17.2 Å². The number of nitrogens with one attached hydrogen (secondary N) is 1. The Bertz CT molecular complexity index is 1180. The summed E-state index contributed by atoms with van der Waals surface area (Å²) in [4.78, 5) is -0.488. The molecule has 32 heavy (non-hydrogen) atoms. The minimum absolute atomic E-state index is 0.00253. The highest BCUT2D eigenvalue weighted by atomic mass is 32.2. The number of nitrogens with zero attached hydrogens (tertiary/aromatic N) is 3. The average Bonchev–Trinajstić information content (AvgIpc) is 3.28. The van der Waals surface area contributed by atoms with E-state index in [4.69, 9.17) is 0 Å². The van der Waals surface area contributed by atoms with E-state index in [1.54, 1.807) is 17.2 Å². The lowest BCUT2D eigenvalue weighted by Crippen LogP contribution is -2.38. The van der Waals surface area contributed by atoms with Crippen LogP contribution in [0.25, 0.3) is 11.1 Å². The first-order valence-electron chi connectivity index (χ1n) is 9.96. The Morgan fingerprint density at radius 3 is 2.31 bits per heavy atom. The lowest BCUT2D eigenvalue weighted by molar-refractivity contribution is -0.137. The van der Waals surface area contributed by atoms with Crippen LogP contribution in [0.5, 0.6) is 0 Å². The van der Waals surface area contributed by atoms with Crippen LogP contribution in [0.4, 0.5) is 17.6 Å². The molecule has 2 atom stereocenters. The standard InChI is InChI=1S/C21H20F4N4O2S/c22-17-6-4-14(5-7-17)15-8-16(21(23,24)25)10-20(9-15)32(30,31)28-18-2-1-3-19(11-18)29-12-26-27-13-29/h4-10,12-13,18-19,28H,1-3,11H2/t18-,19+/m0/s1. The van der Waals surface area contributed by atoms with Gasteiger partial charge in [0.25, 0.3) is 0 Å². The van der Waals surface area contributed by atoms with Crippen LogP contribution in [0, 0.1) is 5.82 Å². The third kappa shape index (κ3) is 4.99. The predicted octanol–water partition coefficient (Wildman–Crippen LogP) is 4.57. The summed E-state index contributed by atoms with van der Waals surface area (Å²) in [7, 11) is -4.24. The average molecular weight is 468 g/mol. The molecule has 0 unspecified atom stereocenters. The van der Waals surface area contributed by atoms with Crippen molar-refractivity contribution in [3.63, 3.8) is 0 Å². The highest BCUT2D eigenvalue weighted by Crippen LogP contribution is 2.35. The Kier molecular flexibility index (Phi) is 6.04. The minimum atomic E-state index is -4.75. The normalized spacial score (nSPS) is 19.8. The zero-order valence-electron chi connectivity index (χ0n) is 16.8. The summed E-state index contributed by atoms with van der Waals surface area (Å²) in [6.45, 7) is 0. The molecule has 1 N–H and O–H groups in total. The molecule has 1 saturated carbocycles. The molecule has 0 saturated heterocycles. The fourth-order valence-corrected chi connectivity index (χ4v) is 5.31. The Balaban J connectivity index is 1.64. The summed E-state index contributed by atoms with van der Waals surface area (Å²) in [6.07, 6.45) is 0.994. The first kappa shape index (κ1) is 22.4. The van der Waals surface area contributed by atoms with Gasteiger partial charge in [-0.1, -0.05) is 12.1 Å². The van der Waals surface area contributed by atoms with E-state index in [2.05, 4.69) is 14.9 Å². The van der Waals surface area contributed by atoms with Crippen LogP contribution >= 0.6 is 0 Å². The van der Waals surface area contributed by atoms with Gasteiger partial charge in [-0.05, 0) is 67.1 Å². The molecule has 1 aromatic heterocycles. The SMILES string of the molecule is O=S(=O)(N[C@H]1CCC[C@@H](n2cnnc2)C1)c1cc(-c2ccc(F)cc2)cc(C(F)(F)F)c1. The predicted molar refractivity (Wildman–Crippen MR) is 108 cm³/mol. The Morgan fingerprint density at radius 1 is 0.969 bits per heavy atom. The molecule has 0 bridgehead atoms. The van der Waals surface area contributed by atoms with Gasteiger partial charge in [0, 0.05) is 12.1 Å². The molecule has 0 amide bonds. The molecule has 1 aliphatic rings. The van der Waals surface area contributed by atoms with Crippen LogP contribution in [0.2, 0.25) is 0 Å². The van der Waals surface area contributed by atoms with E-state index in [1.807, 2.05) is 0 Å². The van der Waals surface area contributed by atoms with Gasteiger partial charge in [0.05, 0.1) is 10.5 Å². The van der Waals surface area contributed by atoms with Crippen molar-refractivity contribution < 1.29 is 26.0 Å². The minimum Gasteiger partial charge on any atom is -0.317 e. The first-order valence-corrected chi connectivity index (χ1v) is 11.4. The summed E-state index contributed by atoms with van der Waals surface area (Å²) in [5, 5.41) is 7.53. The van der Waals surface area contributed by atoms with Gasteiger partial charge in [-0.2, -0.15) is 13.2 Å². The zero-order valence-corrected chi connectivity index (χ0v) is 17.6. The molecular weight excluding hydrogens is 448 g/mol. The summed E-state index contributed by atoms with van der Waals surface area (Å²) < 4.78 is 84.2. The number of halogens is 4. The van der Waals surface area contributed by atoms with Crippen LogP contribution in [0.15, 0.2) is 60.0 Å². The van der Waals surface area contributed by atoms with E-state index >= 15 is 0 Å². The van der Waals surface area contributed by atoms with Gasteiger partial charge in [-0.3, -0.25) is 0 Å². The Morgan fingerprint density at radius 2 is 1.66 bits per heavy atom. The number of hydrogen-bond donors (Lipinski definition) is 1. The van der Waals surface area contributed by atoms with Gasteiger partial charge in [0.1, 0.15) is 18.5 Å². The van der Waals surface area contributed by atoms with E-state index in [0.717, 1.165) is 31.0 Å². The lowest BCUT2D eigenvalue weighted by atomic mass is 9.91. The van der Waals surface area contributed by atoms with Crippen molar-refractivity contribution in [3.05, 3.63) is 66.5 Å². The number of benzene rings is 2. The number of alkyl halides is 3.